The number of carbonyl (C=O) groups excluding carboxylic acids is 1. The Kier molecular flexibility index (Phi) is 6.54. The Bertz CT molecular complexity index is 1070. The van der Waals surface area contributed by atoms with Crippen LogP contribution in [0.3, 0.4) is 0 Å². The molecule has 0 saturated heterocycles. The number of amides is 1. The Labute approximate surface area is 175 Å². The van der Waals surface area contributed by atoms with Crippen molar-refractivity contribution in [3.63, 3.8) is 0 Å². The molecule has 0 fully saturated rings. The van der Waals surface area contributed by atoms with Crippen molar-refractivity contribution in [1.82, 2.24) is 9.78 Å². The van der Waals surface area contributed by atoms with Gasteiger partial charge in [0.25, 0.3) is 5.56 Å². The van der Waals surface area contributed by atoms with Gasteiger partial charge in [-0.05, 0) is 60.7 Å². The summed E-state index contributed by atoms with van der Waals surface area (Å²) in [6.45, 7) is 8.20. The number of aryl methyl sites for hydroxylation is 2. The minimum Gasteiger partial charge on any atom is -0.325 e. The van der Waals surface area contributed by atoms with Gasteiger partial charge in [-0.15, -0.1) is 0 Å². The molecular weight excluding hydrogens is 382 g/mol. The number of benzene rings is 2. The van der Waals surface area contributed by atoms with E-state index in [1.165, 1.54) is 28.1 Å². The summed E-state index contributed by atoms with van der Waals surface area (Å²) in [5.41, 5.74) is 4.64. The fourth-order valence-corrected chi connectivity index (χ4v) is 3.51. The second kappa shape index (κ2) is 9.09. The number of thioether (sulfide) groups is 1. The first-order valence-electron chi connectivity index (χ1n) is 9.54. The molecule has 5 nitrogen and oxygen atoms in total. The summed E-state index contributed by atoms with van der Waals surface area (Å²) in [5.74, 6) is 0.529. The van der Waals surface area contributed by atoms with Crippen molar-refractivity contribution >= 4 is 23.4 Å². The van der Waals surface area contributed by atoms with Gasteiger partial charge in [0.15, 0.2) is 0 Å². The number of nitrogens with one attached hydrogen (secondary N) is 1. The highest BCUT2D eigenvalue weighted by Crippen LogP contribution is 2.19. The average Bonchev–Trinajstić information content (AvgIpc) is 2.70. The first-order valence-corrected chi connectivity index (χ1v) is 10.5. The summed E-state index contributed by atoms with van der Waals surface area (Å²) in [4.78, 5) is 24.6. The third-order valence-corrected chi connectivity index (χ3v) is 5.52. The molecular formula is C23H25N3O2S. The van der Waals surface area contributed by atoms with Crippen LogP contribution in [0.2, 0.25) is 0 Å². The van der Waals surface area contributed by atoms with E-state index in [2.05, 4.69) is 24.3 Å². The minimum absolute atomic E-state index is 0.107. The van der Waals surface area contributed by atoms with E-state index in [4.69, 9.17) is 0 Å². The monoisotopic (exact) mass is 407 g/mol. The number of aromatic nitrogens is 2. The van der Waals surface area contributed by atoms with Crippen molar-refractivity contribution in [1.29, 1.82) is 0 Å². The number of nitrogens with zero attached hydrogens (tertiary/aromatic N) is 2. The van der Waals surface area contributed by atoms with Gasteiger partial charge in [0.05, 0.1) is 11.4 Å². The first kappa shape index (κ1) is 20.9. The van der Waals surface area contributed by atoms with Gasteiger partial charge in [0, 0.05) is 11.8 Å². The second-order valence-corrected chi connectivity index (χ2v) is 8.32. The molecule has 3 aromatic rings. The van der Waals surface area contributed by atoms with Crippen LogP contribution >= 0.6 is 11.8 Å². The third kappa shape index (κ3) is 5.35. The van der Waals surface area contributed by atoms with Crippen LogP contribution in [0.5, 0.6) is 0 Å². The lowest BCUT2D eigenvalue weighted by atomic mass is 10.0. The zero-order chi connectivity index (χ0) is 21.0. The summed E-state index contributed by atoms with van der Waals surface area (Å²) in [5, 5.41) is 7.97. The molecule has 1 N–H and O–H groups in total. The Balaban J connectivity index is 1.70. The molecule has 0 bridgehead atoms. The van der Waals surface area contributed by atoms with Crippen LogP contribution < -0.4 is 10.9 Å². The lowest BCUT2D eigenvalue weighted by Crippen LogP contribution is -2.21. The van der Waals surface area contributed by atoms with Crippen LogP contribution in [-0.2, 0) is 4.79 Å². The first-order chi connectivity index (χ1) is 13.8. The van der Waals surface area contributed by atoms with E-state index < -0.39 is 0 Å². The van der Waals surface area contributed by atoms with Crippen LogP contribution in [0.25, 0.3) is 5.69 Å². The Hall–Kier alpha value is -2.86. The molecule has 0 aliphatic carbocycles. The molecule has 150 valence electrons. The molecule has 0 saturated carbocycles. The molecule has 1 aromatic heterocycles. The molecule has 29 heavy (non-hydrogen) atoms. The average molecular weight is 408 g/mol. The fourth-order valence-electron chi connectivity index (χ4n) is 2.85. The highest BCUT2D eigenvalue weighted by Gasteiger charge is 2.09. The molecule has 2 aromatic carbocycles. The molecule has 0 spiro atoms. The van der Waals surface area contributed by atoms with Crippen LogP contribution in [0.1, 0.15) is 36.5 Å². The zero-order valence-electron chi connectivity index (χ0n) is 17.1. The molecule has 0 atom stereocenters. The second-order valence-electron chi connectivity index (χ2n) is 7.32. The molecule has 1 amide bonds. The van der Waals surface area contributed by atoms with E-state index >= 15 is 0 Å². The SMILES string of the molecule is Cc1ccc(C)c(NC(=O)CSc2ccc(=O)n(-c3ccc(C(C)C)cc3)n2)c1. The fraction of sp³-hybridized carbons (Fsp3) is 0.261. The van der Waals surface area contributed by atoms with Crippen LogP contribution in [-0.4, -0.2) is 21.4 Å². The number of anilines is 1. The molecule has 6 heteroatoms. The van der Waals surface area contributed by atoms with Gasteiger partial charge < -0.3 is 5.32 Å². The summed E-state index contributed by atoms with van der Waals surface area (Å²) in [7, 11) is 0. The van der Waals surface area contributed by atoms with Gasteiger partial charge in [-0.2, -0.15) is 9.78 Å². The van der Waals surface area contributed by atoms with Crippen LogP contribution in [0.4, 0.5) is 5.69 Å². The number of hydrogen-bond donors (Lipinski definition) is 1. The Morgan fingerprint density at radius 2 is 1.79 bits per heavy atom. The third-order valence-electron chi connectivity index (χ3n) is 4.60. The molecule has 0 aliphatic heterocycles. The van der Waals surface area contributed by atoms with Gasteiger partial charge in [-0.3, -0.25) is 9.59 Å². The largest absolute Gasteiger partial charge is 0.325 e. The quantitative estimate of drug-likeness (QED) is 0.602. The summed E-state index contributed by atoms with van der Waals surface area (Å²) >= 11 is 1.30. The van der Waals surface area contributed by atoms with Gasteiger partial charge >= 0.3 is 0 Å². The van der Waals surface area contributed by atoms with E-state index in [0.717, 1.165) is 16.8 Å². The predicted molar refractivity (Wildman–Crippen MR) is 119 cm³/mol. The molecule has 0 unspecified atom stereocenters. The number of hydrogen-bond acceptors (Lipinski definition) is 4. The highest BCUT2D eigenvalue weighted by molar-refractivity contribution is 7.99. The highest BCUT2D eigenvalue weighted by atomic mass is 32.2. The number of rotatable bonds is 6. The van der Waals surface area contributed by atoms with Crippen molar-refractivity contribution in [2.45, 2.75) is 38.6 Å². The predicted octanol–water partition coefficient (Wildman–Crippen LogP) is 4.70. The van der Waals surface area contributed by atoms with Gasteiger partial charge in [0.2, 0.25) is 5.91 Å². The van der Waals surface area contributed by atoms with Crippen LogP contribution in [0.15, 0.2) is 64.4 Å². The standard InChI is InChI=1S/C23H25N3O2S/c1-15(2)18-7-9-19(10-8-18)26-23(28)12-11-22(25-26)29-14-21(27)24-20-13-16(3)5-6-17(20)4/h5-13,15H,14H2,1-4H3,(H,24,27). The molecule has 1 heterocycles. The van der Waals surface area contributed by atoms with Crippen molar-refractivity contribution in [3.05, 3.63) is 81.6 Å². The van der Waals surface area contributed by atoms with E-state index in [9.17, 15) is 9.59 Å². The van der Waals surface area contributed by atoms with E-state index in [1.807, 2.05) is 56.3 Å². The molecule has 3 rings (SSSR count). The summed E-state index contributed by atoms with van der Waals surface area (Å²) in [6, 6.07) is 16.9. The normalized spacial score (nSPS) is 10.9. The topological polar surface area (TPSA) is 64.0 Å². The summed E-state index contributed by atoms with van der Waals surface area (Å²) in [6.07, 6.45) is 0. The van der Waals surface area contributed by atoms with Gasteiger partial charge in [0.1, 0.15) is 5.03 Å². The van der Waals surface area contributed by atoms with Gasteiger partial charge in [-0.25, -0.2) is 0 Å². The van der Waals surface area contributed by atoms with Crippen molar-refractivity contribution < 1.29 is 4.79 Å². The molecule has 0 radical (unpaired) electrons. The van der Waals surface area contributed by atoms with E-state index in [-0.39, 0.29) is 17.2 Å². The smallest absolute Gasteiger partial charge is 0.271 e. The van der Waals surface area contributed by atoms with Crippen molar-refractivity contribution in [2.24, 2.45) is 0 Å². The summed E-state index contributed by atoms with van der Waals surface area (Å²) < 4.78 is 1.37. The maximum atomic E-state index is 12.3. The van der Waals surface area contributed by atoms with Crippen molar-refractivity contribution in [2.75, 3.05) is 11.1 Å². The number of carbonyl (C=O) groups is 1. The van der Waals surface area contributed by atoms with Gasteiger partial charge in [-0.1, -0.05) is 49.9 Å². The van der Waals surface area contributed by atoms with E-state index in [0.29, 0.717) is 16.6 Å². The Morgan fingerprint density at radius 1 is 1.07 bits per heavy atom. The molecule has 0 aliphatic rings. The zero-order valence-corrected chi connectivity index (χ0v) is 17.9. The lowest BCUT2D eigenvalue weighted by molar-refractivity contribution is -0.113. The lowest BCUT2D eigenvalue weighted by Gasteiger charge is -2.10. The maximum Gasteiger partial charge on any atom is 0.271 e. The van der Waals surface area contributed by atoms with Crippen LogP contribution in [0, 0.1) is 13.8 Å². The minimum atomic E-state index is -0.202. The van der Waals surface area contributed by atoms with Crippen molar-refractivity contribution in [3.8, 4) is 5.69 Å². The Morgan fingerprint density at radius 3 is 2.48 bits per heavy atom. The van der Waals surface area contributed by atoms with E-state index in [1.54, 1.807) is 6.07 Å². The maximum absolute atomic E-state index is 12.3.